The average molecular weight is 322 g/mol. The van der Waals surface area contributed by atoms with E-state index in [1.54, 1.807) is 36.4 Å². The van der Waals surface area contributed by atoms with E-state index < -0.39 is 18.5 Å². The number of aryl methyl sites for hydroxylation is 1. The number of nitrogens with zero attached hydrogens (tertiary/aromatic N) is 2. The maximum Gasteiger partial charge on any atom is 0.338 e. The van der Waals surface area contributed by atoms with Gasteiger partial charge in [0.2, 0.25) is 0 Å². The summed E-state index contributed by atoms with van der Waals surface area (Å²) in [6.45, 7) is 1.51. The molecule has 0 N–H and O–H groups in total. The lowest BCUT2D eigenvalue weighted by atomic mass is 10.1. The minimum Gasteiger partial charge on any atom is -0.452 e. The summed E-state index contributed by atoms with van der Waals surface area (Å²) in [7, 11) is 0. The highest BCUT2D eigenvalue weighted by Crippen LogP contribution is 2.13. The Balaban J connectivity index is 1.99. The van der Waals surface area contributed by atoms with E-state index in [1.165, 1.54) is 4.90 Å². The molecule has 0 aliphatic rings. The van der Waals surface area contributed by atoms with Crippen LogP contribution in [0.3, 0.4) is 0 Å². The van der Waals surface area contributed by atoms with Crippen molar-refractivity contribution in [2.24, 2.45) is 0 Å². The van der Waals surface area contributed by atoms with Crippen molar-refractivity contribution in [1.29, 1.82) is 5.26 Å². The van der Waals surface area contributed by atoms with Crippen LogP contribution in [0.4, 0.5) is 5.69 Å². The maximum atomic E-state index is 12.3. The van der Waals surface area contributed by atoms with Gasteiger partial charge >= 0.3 is 5.97 Å². The van der Waals surface area contributed by atoms with Gasteiger partial charge in [-0.15, -0.1) is 0 Å². The van der Waals surface area contributed by atoms with Crippen LogP contribution in [0.15, 0.2) is 54.6 Å². The van der Waals surface area contributed by atoms with Gasteiger partial charge in [0.15, 0.2) is 6.61 Å². The van der Waals surface area contributed by atoms with E-state index in [9.17, 15) is 9.59 Å². The Morgan fingerprint density at radius 3 is 2.33 bits per heavy atom. The van der Waals surface area contributed by atoms with Crippen LogP contribution in [0.25, 0.3) is 0 Å². The number of carbonyl (C=O) groups excluding carboxylic acids is 2. The molecule has 24 heavy (non-hydrogen) atoms. The lowest BCUT2D eigenvalue weighted by molar-refractivity contribution is -0.121. The molecule has 0 radical (unpaired) electrons. The van der Waals surface area contributed by atoms with Crippen LogP contribution in [0.5, 0.6) is 0 Å². The number of ether oxygens (including phenoxy) is 1. The Hall–Kier alpha value is -3.13. The third kappa shape index (κ3) is 4.43. The predicted octanol–water partition coefficient (Wildman–Crippen LogP) is 2.96. The van der Waals surface area contributed by atoms with E-state index in [-0.39, 0.29) is 6.54 Å². The molecule has 0 spiro atoms. The molecular weight excluding hydrogens is 304 g/mol. The number of carbonyl (C=O) groups is 2. The zero-order chi connectivity index (χ0) is 17.4. The fourth-order valence-electron chi connectivity index (χ4n) is 2.17. The topological polar surface area (TPSA) is 70.4 Å². The third-order valence-corrected chi connectivity index (χ3v) is 3.52. The normalized spacial score (nSPS) is 9.83. The number of amides is 1. The summed E-state index contributed by atoms with van der Waals surface area (Å²) in [4.78, 5) is 25.6. The van der Waals surface area contributed by atoms with Crippen LogP contribution in [0, 0.1) is 11.3 Å². The molecule has 1 amide bonds. The number of anilines is 1. The molecule has 0 saturated carbocycles. The molecular formula is C19H18N2O3. The fraction of sp³-hybridized carbons (Fsp3) is 0.211. The van der Waals surface area contributed by atoms with E-state index in [0.717, 1.165) is 12.0 Å². The van der Waals surface area contributed by atoms with Crippen LogP contribution >= 0.6 is 0 Å². The third-order valence-electron chi connectivity index (χ3n) is 3.52. The molecule has 2 rings (SSSR count). The molecule has 0 atom stereocenters. The average Bonchev–Trinajstić information content (AvgIpc) is 2.64. The maximum absolute atomic E-state index is 12.3. The van der Waals surface area contributed by atoms with Crippen molar-refractivity contribution in [3.05, 3.63) is 65.7 Å². The van der Waals surface area contributed by atoms with Crippen LogP contribution in [-0.4, -0.2) is 25.0 Å². The first-order valence-corrected chi connectivity index (χ1v) is 7.64. The van der Waals surface area contributed by atoms with E-state index in [0.29, 0.717) is 11.3 Å². The number of para-hydroxylation sites is 1. The van der Waals surface area contributed by atoms with Crippen molar-refractivity contribution in [2.75, 3.05) is 18.1 Å². The first-order valence-electron chi connectivity index (χ1n) is 7.64. The van der Waals surface area contributed by atoms with Gasteiger partial charge in [-0.3, -0.25) is 9.69 Å². The first-order chi connectivity index (χ1) is 11.7. The summed E-state index contributed by atoms with van der Waals surface area (Å²) in [5, 5.41) is 8.90. The number of benzene rings is 2. The van der Waals surface area contributed by atoms with Crippen LogP contribution in [0.2, 0.25) is 0 Å². The van der Waals surface area contributed by atoms with E-state index in [4.69, 9.17) is 10.00 Å². The number of rotatable bonds is 6. The zero-order valence-electron chi connectivity index (χ0n) is 13.4. The molecule has 0 aliphatic heterocycles. The lowest BCUT2D eigenvalue weighted by Gasteiger charge is -2.19. The Labute approximate surface area is 141 Å². The van der Waals surface area contributed by atoms with Gasteiger partial charge in [-0.1, -0.05) is 37.3 Å². The Morgan fingerprint density at radius 2 is 1.75 bits per heavy atom. The van der Waals surface area contributed by atoms with Gasteiger partial charge in [0.25, 0.3) is 5.91 Å². The molecule has 0 bridgehead atoms. The second kappa shape index (κ2) is 8.49. The Bertz CT molecular complexity index is 733. The summed E-state index contributed by atoms with van der Waals surface area (Å²) in [6.07, 6.45) is 0.883. The summed E-state index contributed by atoms with van der Waals surface area (Å²) < 4.78 is 5.07. The van der Waals surface area contributed by atoms with Gasteiger partial charge < -0.3 is 4.74 Å². The highest BCUT2D eigenvalue weighted by molar-refractivity contribution is 5.97. The van der Waals surface area contributed by atoms with Crippen molar-refractivity contribution < 1.29 is 14.3 Å². The van der Waals surface area contributed by atoms with Crippen molar-refractivity contribution in [3.8, 4) is 6.07 Å². The molecule has 0 aromatic heterocycles. The van der Waals surface area contributed by atoms with Crippen molar-refractivity contribution in [2.45, 2.75) is 13.3 Å². The van der Waals surface area contributed by atoms with Gasteiger partial charge in [-0.25, -0.2) is 4.79 Å². The quantitative estimate of drug-likeness (QED) is 0.605. The highest BCUT2D eigenvalue weighted by atomic mass is 16.5. The number of esters is 1. The van der Waals surface area contributed by atoms with Crippen molar-refractivity contribution >= 4 is 17.6 Å². The summed E-state index contributed by atoms with van der Waals surface area (Å²) in [5.41, 5.74) is 2.10. The molecule has 2 aromatic rings. The molecule has 5 nitrogen and oxygen atoms in total. The summed E-state index contributed by atoms with van der Waals surface area (Å²) in [6, 6.07) is 17.8. The van der Waals surface area contributed by atoms with Crippen molar-refractivity contribution in [1.82, 2.24) is 0 Å². The molecule has 0 saturated heterocycles. The number of nitriles is 1. The monoisotopic (exact) mass is 322 g/mol. The highest BCUT2D eigenvalue weighted by Gasteiger charge is 2.17. The zero-order valence-corrected chi connectivity index (χ0v) is 13.4. The van der Waals surface area contributed by atoms with Gasteiger partial charge in [0.05, 0.1) is 11.6 Å². The van der Waals surface area contributed by atoms with E-state index in [1.807, 2.05) is 31.2 Å². The summed E-state index contributed by atoms with van der Waals surface area (Å²) >= 11 is 0. The predicted molar refractivity (Wildman–Crippen MR) is 90.5 cm³/mol. The molecule has 0 fully saturated rings. The second-order valence-corrected chi connectivity index (χ2v) is 5.10. The molecule has 0 unspecified atom stereocenters. The lowest BCUT2D eigenvalue weighted by Crippen LogP contribution is -2.35. The van der Waals surface area contributed by atoms with Gasteiger partial charge in [0.1, 0.15) is 6.54 Å². The fourth-order valence-corrected chi connectivity index (χ4v) is 2.17. The first kappa shape index (κ1) is 17.2. The molecule has 0 aliphatic carbocycles. The smallest absolute Gasteiger partial charge is 0.338 e. The second-order valence-electron chi connectivity index (χ2n) is 5.10. The molecule has 0 heterocycles. The summed E-state index contributed by atoms with van der Waals surface area (Å²) in [5.74, 6) is -1.00. The minimum absolute atomic E-state index is 0.106. The molecule has 5 heteroatoms. The number of hydrogen-bond acceptors (Lipinski definition) is 4. The molecule has 122 valence electrons. The van der Waals surface area contributed by atoms with Crippen LogP contribution < -0.4 is 4.90 Å². The van der Waals surface area contributed by atoms with Gasteiger partial charge in [-0.05, 0) is 36.2 Å². The molecule has 2 aromatic carbocycles. The van der Waals surface area contributed by atoms with Crippen LogP contribution in [0.1, 0.15) is 22.8 Å². The Kier molecular flexibility index (Phi) is 6.09. The number of hydrogen-bond donors (Lipinski definition) is 0. The Morgan fingerprint density at radius 1 is 1.08 bits per heavy atom. The largest absolute Gasteiger partial charge is 0.452 e. The van der Waals surface area contributed by atoms with E-state index >= 15 is 0 Å². The SMILES string of the molecule is CCc1ccc(C(=O)OCC(=O)N(CC#N)c2ccccc2)cc1. The van der Waals surface area contributed by atoms with Crippen LogP contribution in [-0.2, 0) is 16.0 Å². The van der Waals surface area contributed by atoms with Crippen molar-refractivity contribution in [3.63, 3.8) is 0 Å². The van der Waals surface area contributed by atoms with Gasteiger partial charge in [-0.2, -0.15) is 5.26 Å². The van der Waals surface area contributed by atoms with E-state index in [2.05, 4.69) is 0 Å². The minimum atomic E-state index is -0.559. The van der Waals surface area contributed by atoms with Gasteiger partial charge in [0, 0.05) is 5.69 Å². The standard InChI is InChI=1S/C19H18N2O3/c1-2-15-8-10-16(11-9-15)19(23)24-14-18(22)21(13-12-20)17-6-4-3-5-7-17/h3-11H,2,13-14H2,1H3.